The van der Waals surface area contributed by atoms with Gasteiger partial charge in [-0.1, -0.05) is 17.7 Å². The molecule has 7 heteroatoms. The Morgan fingerprint density at radius 2 is 2.05 bits per heavy atom. The smallest absolute Gasteiger partial charge is 0.322 e. The van der Waals surface area contributed by atoms with Gasteiger partial charge in [0.05, 0.1) is 6.10 Å². The van der Waals surface area contributed by atoms with E-state index in [4.69, 9.17) is 14.9 Å². The number of aryl methyl sites for hydroxylation is 1. The molecule has 4 N–H and O–H groups in total. The SMILES string of the molecule is Cc1ccc(OCC(=O)NCC(=O)O)cc1.OC1CCNC1. The van der Waals surface area contributed by atoms with Crippen molar-refractivity contribution in [2.45, 2.75) is 19.4 Å². The van der Waals surface area contributed by atoms with Gasteiger partial charge in [0, 0.05) is 6.54 Å². The van der Waals surface area contributed by atoms with Crippen LogP contribution >= 0.6 is 0 Å². The average molecular weight is 310 g/mol. The van der Waals surface area contributed by atoms with E-state index in [9.17, 15) is 9.59 Å². The third-order valence-electron chi connectivity index (χ3n) is 2.86. The number of ether oxygens (including phenoxy) is 1. The molecule has 0 aromatic heterocycles. The number of hydrogen-bond donors (Lipinski definition) is 4. The monoisotopic (exact) mass is 310 g/mol. The molecule has 22 heavy (non-hydrogen) atoms. The Kier molecular flexibility index (Phi) is 7.95. The lowest BCUT2D eigenvalue weighted by molar-refractivity contribution is -0.138. The van der Waals surface area contributed by atoms with Crippen LogP contribution in [0, 0.1) is 6.92 Å². The molecule has 1 saturated heterocycles. The third kappa shape index (κ3) is 8.23. The van der Waals surface area contributed by atoms with E-state index in [1.165, 1.54) is 0 Å². The van der Waals surface area contributed by atoms with E-state index in [-0.39, 0.29) is 12.7 Å². The standard InChI is InChI=1S/C11H13NO4.C4H9NO/c1-8-2-4-9(5-3-8)16-7-10(13)12-6-11(14)15;6-4-1-2-5-3-4/h2-5H,6-7H2,1H3,(H,12,13)(H,14,15);4-6H,1-3H2. The average Bonchev–Trinajstić information content (AvgIpc) is 2.96. The van der Waals surface area contributed by atoms with Gasteiger partial charge in [-0.05, 0) is 32.0 Å². The van der Waals surface area contributed by atoms with Gasteiger partial charge >= 0.3 is 5.97 Å². The van der Waals surface area contributed by atoms with Gasteiger partial charge in [-0.2, -0.15) is 0 Å². The Morgan fingerprint density at radius 1 is 1.36 bits per heavy atom. The number of hydrogen-bond acceptors (Lipinski definition) is 5. The van der Waals surface area contributed by atoms with E-state index in [1.807, 2.05) is 19.1 Å². The van der Waals surface area contributed by atoms with Crippen molar-refractivity contribution in [2.24, 2.45) is 0 Å². The van der Waals surface area contributed by atoms with Crippen molar-refractivity contribution < 1.29 is 24.5 Å². The molecule has 0 spiro atoms. The van der Waals surface area contributed by atoms with Crippen molar-refractivity contribution in [3.05, 3.63) is 29.8 Å². The second-order valence-electron chi connectivity index (χ2n) is 4.92. The number of carbonyl (C=O) groups excluding carboxylic acids is 1. The molecule has 1 aromatic carbocycles. The normalized spacial score (nSPS) is 16.4. The van der Waals surface area contributed by atoms with Gasteiger partial charge in [-0.15, -0.1) is 0 Å². The molecule has 0 bridgehead atoms. The summed E-state index contributed by atoms with van der Waals surface area (Å²) in [5, 5.41) is 22.2. The molecule has 122 valence electrons. The predicted molar refractivity (Wildman–Crippen MR) is 80.8 cm³/mol. The van der Waals surface area contributed by atoms with Crippen molar-refractivity contribution in [3.63, 3.8) is 0 Å². The fourth-order valence-electron chi connectivity index (χ4n) is 1.65. The molecule has 1 heterocycles. The van der Waals surface area contributed by atoms with Gasteiger partial charge in [0.25, 0.3) is 5.91 Å². The highest BCUT2D eigenvalue weighted by atomic mass is 16.5. The summed E-state index contributed by atoms with van der Waals surface area (Å²) in [6, 6.07) is 7.23. The van der Waals surface area contributed by atoms with Crippen LogP contribution in [0.15, 0.2) is 24.3 Å². The Morgan fingerprint density at radius 3 is 2.50 bits per heavy atom. The first-order valence-corrected chi connectivity index (χ1v) is 7.04. The number of carbonyl (C=O) groups is 2. The van der Waals surface area contributed by atoms with Crippen LogP contribution in [0.3, 0.4) is 0 Å². The van der Waals surface area contributed by atoms with Gasteiger partial charge in [-0.3, -0.25) is 9.59 Å². The summed E-state index contributed by atoms with van der Waals surface area (Å²) >= 11 is 0. The first-order chi connectivity index (χ1) is 10.5. The van der Waals surface area contributed by atoms with Crippen LogP contribution < -0.4 is 15.4 Å². The molecule has 2 rings (SSSR count). The molecule has 7 nitrogen and oxygen atoms in total. The number of benzene rings is 1. The highest BCUT2D eigenvalue weighted by molar-refractivity contribution is 5.82. The van der Waals surface area contributed by atoms with Crippen molar-refractivity contribution >= 4 is 11.9 Å². The van der Waals surface area contributed by atoms with Crippen LogP contribution in [0.2, 0.25) is 0 Å². The fraction of sp³-hybridized carbons (Fsp3) is 0.467. The first kappa shape index (κ1) is 17.9. The van der Waals surface area contributed by atoms with Crippen molar-refractivity contribution in [1.82, 2.24) is 10.6 Å². The number of amides is 1. The summed E-state index contributed by atoms with van der Waals surface area (Å²) in [7, 11) is 0. The zero-order valence-corrected chi connectivity index (χ0v) is 12.5. The summed E-state index contributed by atoms with van der Waals surface area (Å²) in [5.74, 6) is -0.956. The summed E-state index contributed by atoms with van der Waals surface area (Å²) in [5.41, 5.74) is 1.10. The van der Waals surface area contributed by atoms with Crippen LogP contribution in [-0.4, -0.2) is 54.4 Å². The number of carboxylic acid groups (broad SMARTS) is 1. The van der Waals surface area contributed by atoms with Crippen molar-refractivity contribution in [1.29, 1.82) is 0 Å². The van der Waals surface area contributed by atoms with Gasteiger partial charge < -0.3 is 25.6 Å². The molecular weight excluding hydrogens is 288 g/mol. The number of β-amino-alcohol motifs (C(OH)–C–C–N with tert-alkyl or cyclic N) is 1. The number of aliphatic hydroxyl groups is 1. The minimum Gasteiger partial charge on any atom is -0.484 e. The summed E-state index contributed by atoms with van der Waals surface area (Å²) in [6.07, 6.45) is 0.866. The molecule has 0 aliphatic carbocycles. The maximum absolute atomic E-state index is 11.1. The van der Waals surface area contributed by atoms with Crippen LogP contribution in [0.1, 0.15) is 12.0 Å². The number of nitrogens with one attached hydrogen (secondary N) is 2. The third-order valence-corrected chi connectivity index (χ3v) is 2.86. The number of aliphatic carboxylic acids is 1. The molecule has 1 aliphatic rings. The molecule has 0 saturated carbocycles. The lowest BCUT2D eigenvalue weighted by Gasteiger charge is -2.06. The van der Waals surface area contributed by atoms with Gasteiger partial charge in [0.2, 0.25) is 0 Å². The van der Waals surface area contributed by atoms with Gasteiger partial charge in [0.1, 0.15) is 12.3 Å². The molecule has 1 amide bonds. The van der Waals surface area contributed by atoms with Crippen molar-refractivity contribution in [2.75, 3.05) is 26.2 Å². The van der Waals surface area contributed by atoms with E-state index in [0.29, 0.717) is 5.75 Å². The number of rotatable bonds is 5. The maximum atomic E-state index is 11.1. The molecule has 1 atom stereocenters. The van der Waals surface area contributed by atoms with Crippen molar-refractivity contribution in [3.8, 4) is 5.75 Å². The van der Waals surface area contributed by atoms with E-state index in [2.05, 4.69) is 10.6 Å². The Bertz CT molecular complexity index is 469. The highest BCUT2D eigenvalue weighted by Gasteiger charge is 2.08. The second kappa shape index (κ2) is 9.75. The second-order valence-corrected chi connectivity index (χ2v) is 4.92. The first-order valence-electron chi connectivity index (χ1n) is 7.04. The summed E-state index contributed by atoms with van der Waals surface area (Å²) in [6.45, 7) is 3.15. The zero-order valence-electron chi connectivity index (χ0n) is 12.5. The molecule has 1 unspecified atom stereocenters. The van der Waals surface area contributed by atoms with Gasteiger partial charge in [0.15, 0.2) is 6.61 Å². The number of carboxylic acids is 1. The molecule has 0 radical (unpaired) electrons. The minimum absolute atomic E-state index is 0.0648. The van der Waals surface area contributed by atoms with E-state index >= 15 is 0 Å². The predicted octanol–water partition coefficient (Wildman–Crippen LogP) is -0.0848. The lowest BCUT2D eigenvalue weighted by atomic mass is 10.2. The zero-order chi connectivity index (χ0) is 16.4. The Labute approximate surface area is 129 Å². The minimum atomic E-state index is -1.08. The van der Waals surface area contributed by atoms with E-state index in [0.717, 1.165) is 25.1 Å². The quantitative estimate of drug-likeness (QED) is 0.606. The van der Waals surface area contributed by atoms with Crippen LogP contribution in [0.4, 0.5) is 0 Å². The fourth-order valence-corrected chi connectivity index (χ4v) is 1.65. The summed E-state index contributed by atoms with van der Waals surface area (Å²) < 4.78 is 5.15. The molecular formula is C15H22N2O5. The van der Waals surface area contributed by atoms with Crippen LogP contribution in [0.5, 0.6) is 5.75 Å². The topological polar surface area (TPSA) is 108 Å². The lowest BCUT2D eigenvalue weighted by Crippen LogP contribution is -2.33. The molecule has 1 aromatic rings. The highest BCUT2D eigenvalue weighted by Crippen LogP contribution is 2.10. The largest absolute Gasteiger partial charge is 0.484 e. The number of aliphatic hydroxyl groups excluding tert-OH is 1. The molecule has 1 aliphatic heterocycles. The summed E-state index contributed by atoms with van der Waals surface area (Å²) in [4.78, 5) is 21.2. The molecule has 1 fully saturated rings. The van der Waals surface area contributed by atoms with Crippen LogP contribution in [-0.2, 0) is 9.59 Å². The van der Waals surface area contributed by atoms with Crippen LogP contribution in [0.25, 0.3) is 0 Å². The van der Waals surface area contributed by atoms with E-state index < -0.39 is 18.4 Å². The Balaban J connectivity index is 0.000000335. The Hall–Kier alpha value is -2.12. The van der Waals surface area contributed by atoms with Gasteiger partial charge in [-0.25, -0.2) is 0 Å². The maximum Gasteiger partial charge on any atom is 0.322 e. The van der Waals surface area contributed by atoms with E-state index in [1.54, 1.807) is 12.1 Å².